The van der Waals surface area contributed by atoms with Gasteiger partial charge in [0.05, 0.1) is 25.6 Å². The molecule has 1 aromatic carbocycles. The van der Waals surface area contributed by atoms with Crippen molar-refractivity contribution in [1.29, 1.82) is 0 Å². The lowest BCUT2D eigenvalue weighted by molar-refractivity contribution is 0.0735. The minimum absolute atomic E-state index is 0.0618. The van der Waals surface area contributed by atoms with Crippen molar-refractivity contribution in [2.24, 2.45) is 7.05 Å². The fourth-order valence-corrected chi connectivity index (χ4v) is 4.27. The van der Waals surface area contributed by atoms with Crippen LogP contribution in [0.5, 0.6) is 11.5 Å². The van der Waals surface area contributed by atoms with Crippen molar-refractivity contribution < 1.29 is 14.3 Å². The summed E-state index contributed by atoms with van der Waals surface area (Å²) in [7, 11) is 4.99. The Hall–Kier alpha value is -4.41. The van der Waals surface area contributed by atoms with E-state index in [0.717, 1.165) is 17.1 Å². The molecule has 0 atom stereocenters. The molecule has 0 bridgehead atoms. The standard InChI is InChI=1S/C25H28N8O3/c1-17-9-10-33(28-17)24-8-7-23(26-27-24)31-11-13-32(14-12-31)25(34)21-16-20(29-30(21)2)19-15-18(35-3)5-6-22(19)36-4/h5-10,15-16H,11-14H2,1-4H3. The van der Waals surface area contributed by atoms with Gasteiger partial charge >= 0.3 is 0 Å². The van der Waals surface area contributed by atoms with Crippen LogP contribution in [0.25, 0.3) is 17.1 Å². The molecule has 1 aliphatic rings. The SMILES string of the molecule is COc1ccc(OC)c(-c2cc(C(=O)N3CCN(c4ccc(-n5ccc(C)n5)nn4)CC3)n(C)n2)c1. The summed E-state index contributed by atoms with van der Waals surface area (Å²) in [4.78, 5) is 17.3. The molecule has 1 fully saturated rings. The number of carbonyl (C=O) groups excluding carboxylic acids is 1. The number of benzene rings is 1. The van der Waals surface area contributed by atoms with Crippen LogP contribution in [-0.4, -0.2) is 81.0 Å². The van der Waals surface area contributed by atoms with Gasteiger partial charge in [-0.3, -0.25) is 9.48 Å². The first-order chi connectivity index (χ1) is 17.5. The summed E-state index contributed by atoms with van der Waals surface area (Å²) in [6.45, 7) is 4.40. The Labute approximate surface area is 208 Å². The molecule has 11 heteroatoms. The van der Waals surface area contributed by atoms with E-state index in [9.17, 15) is 4.79 Å². The average Bonchev–Trinajstić information content (AvgIpc) is 3.53. The molecule has 186 valence electrons. The molecular weight excluding hydrogens is 460 g/mol. The van der Waals surface area contributed by atoms with Crippen molar-refractivity contribution >= 4 is 11.7 Å². The smallest absolute Gasteiger partial charge is 0.272 e. The minimum Gasteiger partial charge on any atom is -0.497 e. The molecule has 0 aliphatic carbocycles. The van der Waals surface area contributed by atoms with Crippen molar-refractivity contribution in [3.63, 3.8) is 0 Å². The van der Waals surface area contributed by atoms with Crippen LogP contribution in [-0.2, 0) is 7.05 Å². The van der Waals surface area contributed by atoms with Crippen LogP contribution in [0.4, 0.5) is 5.82 Å². The highest BCUT2D eigenvalue weighted by Crippen LogP contribution is 2.33. The van der Waals surface area contributed by atoms with E-state index >= 15 is 0 Å². The van der Waals surface area contributed by atoms with E-state index in [1.165, 1.54) is 0 Å². The molecule has 11 nitrogen and oxygen atoms in total. The Bertz CT molecular complexity index is 1370. The zero-order chi connectivity index (χ0) is 25.2. The molecular formula is C25H28N8O3. The van der Waals surface area contributed by atoms with E-state index in [2.05, 4.69) is 25.3 Å². The zero-order valence-electron chi connectivity index (χ0n) is 20.7. The van der Waals surface area contributed by atoms with Crippen molar-refractivity contribution in [2.45, 2.75) is 6.92 Å². The number of piperazine rings is 1. The molecule has 0 radical (unpaired) electrons. The lowest BCUT2D eigenvalue weighted by Gasteiger charge is -2.35. The molecule has 0 unspecified atom stereocenters. The summed E-state index contributed by atoms with van der Waals surface area (Å²) in [5.41, 5.74) is 2.86. The number of ether oxygens (including phenoxy) is 2. The summed E-state index contributed by atoms with van der Waals surface area (Å²) >= 11 is 0. The Morgan fingerprint density at radius 3 is 2.28 bits per heavy atom. The number of nitrogens with zero attached hydrogens (tertiary/aromatic N) is 8. The average molecular weight is 489 g/mol. The van der Waals surface area contributed by atoms with Crippen LogP contribution >= 0.6 is 0 Å². The van der Waals surface area contributed by atoms with Crippen LogP contribution in [0.1, 0.15) is 16.2 Å². The predicted octanol–water partition coefficient (Wildman–Crippen LogP) is 2.35. The molecule has 1 aliphatic heterocycles. The van der Waals surface area contributed by atoms with Gasteiger partial charge < -0.3 is 19.3 Å². The van der Waals surface area contributed by atoms with Crippen molar-refractivity contribution in [3.8, 4) is 28.6 Å². The van der Waals surface area contributed by atoms with E-state index in [1.807, 2.05) is 54.4 Å². The van der Waals surface area contributed by atoms with Crippen LogP contribution < -0.4 is 14.4 Å². The normalized spacial score (nSPS) is 13.7. The highest BCUT2D eigenvalue weighted by atomic mass is 16.5. The van der Waals surface area contributed by atoms with E-state index in [0.29, 0.717) is 54.9 Å². The molecule has 36 heavy (non-hydrogen) atoms. The molecule has 5 rings (SSSR count). The van der Waals surface area contributed by atoms with Crippen LogP contribution in [0, 0.1) is 6.92 Å². The van der Waals surface area contributed by atoms with Gasteiger partial charge in [0, 0.05) is 45.0 Å². The van der Waals surface area contributed by atoms with Crippen molar-refractivity contribution in [2.75, 3.05) is 45.3 Å². The van der Waals surface area contributed by atoms with Gasteiger partial charge in [-0.25, -0.2) is 4.68 Å². The number of aryl methyl sites for hydroxylation is 2. The Morgan fingerprint density at radius 2 is 1.64 bits per heavy atom. The summed E-state index contributed by atoms with van der Waals surface area (Å²) in [5.74, 6) is 2.74. The van der Waals surface area contributed by atoms with E-state index in [1.54, 1.807) is 36.7 Å². The summed E-state index contributed by atoms with van der Waals surface area (Å²) < 4.78 is 14.2. The second-order valence-electron chi connectivity index (χ2n) is 8.54. The molecule has 0 saturated carbocycles. The van der Waals surface area contributed by atoms with E-state index in [4.69, 9.17) is 9.47 Å². The third-order valence-corrected chi connectivity index (χ3v) is 6.27. The lowest BCUT2D eigenvalue weighted by Crippen LogP contribution is -2.49. The van der Waals surface area contributed by atoms with E-state index in [-0.39, 0.29) is 5.91 Å². The topological polar surface area (TPSA) is 103 Å². The number of rotatable bonds is 6. The third kappa shape index (κ3) is 4.47. The number of hydrogen-bond acceptors (Lipinski definition) is 8. The summed E-state index contributed by atoms with van der Waals surface area (Å²) in [5, 5.41) is 17.6. The fourth-order valence-electron chi connectivity index (χ4n) is 4.27. The highest BCUT2D eigenvalue weighted by Gasteiger charge is 2.26. The minimum atomic E-state index is -0.0618. The van der Waals surface area contributed by atoms with Gasteiger partial charge in [0.25, 0.3) is 5.91 Å². The Morgan fingerprint density at radius 1 is 0.889 bits per heavy atom. The number of anilines is 1. The molecule has 1 amide bonds. The van der Waals surface area contributed by atoms with Gasteiger partial charge in [0.1, 0.15) is 17.2 Å². The van der Waals surface area contributed by atoms with Gasteiger partial charge in [-0.15, -0.1) is 10.2 Å². The molecule has 4 heterocycles. The van der Waals surface area contributed by atoms with Crippen molar-refractivity contribution in [3.05, 3.63) is 60.0 Å². The van der Waals surface area contributed by atoms with Gasteiger partial charge in [-0.2, -0.15) is 10.2 Å². The van der Waals surface area contributed by atoms with Gasteiger partial charge in [0.15, 0.2) is 11.6 Å². The largest absolute Gasteiger partial charge is 0.497 e. The maximum atomic E-state index is 13.3. The Balaban J connectivity index is 1.27. The van der Waals surface area contributed by atoms with Gasteiger partial charge in [0.2, 0.25) is 0 Å². The Kier molecular flexibility index (Phi) is 6.28. The van der Waals surface area contributed by atoms with Gasteiger partial charge in [-0.05, 0) is 49.4 Å². The number of carbonyl (C=O) groups is 1. The van der Waals surface area contributed by atoms with Crippen LogP contribution in [0.2, 0.25) is 0 Å². The van der Waals surface area contributed by atoms with Crippen LogP contribution in [0.15, 0.2) is 48.7 Å². The molecule has 3 aromatic heterocycles. The second-order valence-corrected chi connectivity index (χ2v) is 8.54. The first-order valence-corrected chi connectivity index (χ1v) is 11.6. The maximum Gasteiger partial charge on any atom is 0.272 e. The molecule has 0 N–H and O–H groups in total. The monoisotopic (exact) mass is 488 g/mol. The quantitative estimate of drug-likeness (QED) is 0.408. The highest BCUT2D eigenvalue weighted by molar-refractivity contribution is 5.94. The molecule has 0 spiro atoms. The van der Waals surface area contributed by atoms with Crippen LogP contribution in [0.3, 0.4) is 0 Å². The molecule has 4 aromatic rings. The fraction of sp³-hybridized carbons (Fsp3) is 0.320. The third-order valence-electron chi connectivity index (χ3n) is 6.27. The number of amides is 1. The number of methoxy groups -OCH3 is 2. The lowest BCUT2D eigenvalue weighted by atomic mass is 10.1. The second kappa shape index (κ2) is 9.68. The molecule has 1 saturated heterocycles. The first-order valence-electron chi connectivity index (χ1n) is 11.6. The zero-order valence-corrected chi connectivity index (χ0v) is 20.7. The van der Waals surface area contributed by atoms with Gasteiger partial charge in [-0.1, -0.05) is 0 Å². The maximum absolute atomic E-state index is 13.3. The predicted molar refractivity (Wildman–Crippen MR) is 134 cm³/mol. The first kappa shape index (κ1) is 23.3. The number of aromatic nitrogens is 6. The summed E-state index contributed by atoms with van der Waals surface area (Å²) in [6.07, 6.45) is 1.86. The summed E-state index contributed by atoms with van der Waals surface area (Å²) in [6, 6.07) is 13.1. The number of hydrogen-bond donors (Lipinski definition) is 0. The van der Waals surface area contributed by atoms with E-state index < -0.39 is 0 Å². The van der Waals surface area contributed by atoms with Crippen molar-refractivity contribution in [1.82, 2.24) is 34.7 Å².